The first-order valence-electron chi connectivity index (χ1n) is 6.15. The van der Waals surface area contributed by atoms with E-state index >= 15 is 0 Å². The van der Waals surface area contributed by atoms with Gasteiger partial charge in [0.1, 0.15) is 0 Å². The van der Waals surface area contributed by atoms with Gasteiger partial charge in [0, 0.05) is 12.6 Å². The zero-order valence-electron chi connectivity index (χ0n) is 10.4. The van der Waals surface area contributed by atoms with E-state index in [2.05, 4.69) is 26.8 Å². The van der Waals surface area contributed by atoms with Gasteiger partial charge in [-0.3, -0.25) is 0 Å². The third kappa shape index (κ3) is 2.57. The molecule has 1 aromatic rings. The third-order valence-corrected chi connectivity index (χ3v) is 3.00. The molecule has 2 N–H and O–H groups in total. The molecule has 0 bridgehead atoms. The molecule has 0 spiro atoms. The predicted molar refractivity (Wildman–Crippen MR) is 66.1 cm³/mol. The fourth-order valence-electron chi connectivity index (χ4n) is 2.21. The molecule has 1 saturated heterocycles. The first-order chi connectivity index (χ1) is 8.24. The molecule has 0 amide bonds. The van der Waals surface area contributed by atoms with Crippen molar-refractivity contribution in [1.29, 1.82) is 0 Å². The van der Waals surface area contributed by atoms with Gasteiger partial charge < -0.3 is 15.4 Å². The SMILES string of the molecule is CCOc1nc(N)nc(N2CCCC2CC)n1. The first kappa shape index (κ1) is 11.9. The molecule has 1 unspecified atom stereocenters. The lowest BCUT2D eigenvalue weighted by Crippen LogP contribution is -2.30. The fourth-order valence-corrected chi connectivity index (χ4v) is 2.21. The average molecular weight is 237 g/mol. The van der Waals surface area contributed by atoms with E-state index < -0.39 is 0 Å². The first-order valence-corrected chi connectivity index (χ1v) is 6.15. The molecule has 6 heteroatoms. The normalized spacial score (nSPS) is 19.6. The molecule has 2 heterocycles. The Kier molecular flexibility index (Phi) is 3.61. The molecule has 94 valence electrons. The number of rotatable bonds is 4. The molecule has 1 fully saturated rings. The van der Waals surface area contributed by atoms with Gasteiger partial charge in [0.2, 0.25) is 11.9 Å². The summed E-state index contributed by atoms with van der Waals surface area (Å²) in [5.74, 6) is 0.866. The zero-order valence-corrected chi connectivity index (χ0v) is 10.4. The number of hydrogen-bond acceptors (Lipinski definition) is 6. The number of aromatic nitrogens is 3. The molecule has 1 aromatic heterocycles. The highest BCUT2D eigenvalue weighted by molar-refractivity contribution is 5.38. The maximum absolute atomic E-state index is 5.68. The van der Waals surface area contributed by atoms with Crippen LogP contribution in [0.25, 0.3) is 0 Å². The van der Waals surface area contributed by atoms with Gasteiger partial charge in [0.25, 0.3) is 0 Å². The fraction of sp³-hybridized carbons (Fsp3) is 0.727. The quantitative estimate of drug-likeness (QED) is 0.848. The summed E-state index contributed by atoms with van der Waals surface area (Å²) in [6.45, 7) is 5.58. The standard InChI is InChI=1S/C11H19N5O/c1-3-8-6-5-7-16(8)10-13-9(12)14-11(15-10)17-4-2/h8H,3-7H2,1-2H3,(H2,12,13,14,15). The minimum Gasteiger partial charge on any atom is -0.464 e. The van der Waals surface area contributed by atoms with Crippen molar-refractivity contribution in [2.75, 3.05) is 23.8 Å². The summed E-state index contributed by atoms with van der Waals surface area (Å²) in [6, 6.07) is 0.822. The van der Waals surface area contributed by atoms with E-state index in [1.54, 1.807) is 0 Å². The summed E-state index contributed by atoms with van der Waals surface area (Å²) in [4.78, 5) is 14.7. The highest BCUT2D eigenvalue weighted by Crippen LogP contribution is 2.25. The maximum atomic E-state index is 5.68. The Morgan fingerprint density at radius 2 is 2.18 bits per heavy atom. The second-order valence-electron chi connectivity index (χ2n) is 4.11. The maximum Gasteiger partial charge on any atom is 0.323 e. The van der Waals surface area contributed by atoms with Crippen LogP contribution in [0.5, 0.6) is 6.01 Å². The molecular weight excluding hydrogens is 218 g/mol. The van der Waals surface area contributed by atoms with Gasteiger partial charge in [-0.05, 0) is 26.2 Å². The number of nitrogen functional groups attached to an aromatic ring is 1. The van der Waals surface area contributed by atoms with Gasteiger partial charge in [0.15, 0.2) is 0 Å². The number of ether oxygens (including phenoxy) is 1. The van der Waals surface area contributed by atoms with Gasteiger partial charge in [-0.25, -0.2) is 0 Å². The summed E-state index contributed by atoms with van der Waals surface area (Å²) in [6.07, 6.45) is 3.45. The molecule has 0 saturated carbocycles. The van der Waals surface area contributed by atoms with Crippen LogP contribution < -0.4 is 15.4 Å². The van der Waals surface area contributed by atoms with E-state index in [4.69, 9.17) is 10.5 Å². The topological polar surface area (TPSA) is 77.2 Å². The Labute approximate surface area is 101 Å². The molecule has 2 rings (SSSR count). The second-order valence-corrected chi connectivity index (χ2v) is 4.11. The van der Waals surface area contributed by atoms with Crippen molar-refractivity contribution in [1.82, 2.24) is 15.0 Å². The summed E-state index contributed by atoms with van der Waals surface area (Å²) in [5.41, 5.74) is 5.68. The van der Waals surface area contributed by atoms with Gasteiger partial charge in [-0.15, -0.1) is 0 Å². The Hall–Kier alpha value is -1.59. The number of hydrogen-bond donors (Lipinski definition) is 1. The lowest BCUT2D eigenvalue weighted by Gasteiger charge is -2.23. The van der Waals surface area contributed by atoms with Crippen LogP contribution in [-0.2, 0) is 0 Å². The minimum absolute atomic E-state index is 0.222. The van der Waals surface area contributed by atoms with Crippen molar-refractivity contribution in [3.63, 3.8) is 0 Å². The van der Waals surface area contributed by atoms with Crippen molar-refractivity contribution in [2.45, 2.75) is 39.2 Å². The smallest absolute Gasteiger partial charge is 0.323 e. The van der Waals surface area contributed by atoms with Gasteiger partial charge in [-0.2, -0.15) is 15.0 Å². The molecule has 0 aliphatic carbocycles. The van der Waals surface area contributed by atoms with Crippen molar-refractivity contribution in [2.24, 2.45) is 0 Å². The van der Waals surface area contributed by atoms with E-state index in [0.717, 1.165) is 13.0 Å². The summed E-state index contributed by atoms with van der Waals surface area (Å²) in [7, 11) is 0. The lowest BCUT2D eigenvalue weighted by atomic mass is 10.2. The van der Waals surface area contributed by atoms with Gasteiger partial charge in [-0.1, -0.05) is 6.92 Å². The highest BCUT2D eigenvalue weighted by Gasteiger charge is 2.26. The van der Waals surface area contributed by atoms with E-state index in [0.29, 0.717) is 24.6 Å². The Bertz CT molecular complexity index is 384. The molecule has 17 heavy (non-hydrogen) atoms. The number of anilines is 2. The Morgan fingerprint density at radius 3 is 2.88 bits per heavy atom. The summed E-state index contributed by atoms with van der Waals surface area (Å²) >= 11 is 0. The largest absolute Gasteiger partial charge is 0.464 e. The predicted octanol–water partition coefficient (Wildman–Crippen LogP) is 1.23. The van der Waals surface area contributed by atoms with E-state index in [1.807, 2.05) is 6.92 Å². The number of nitrogens with zero attached hydrogens (tertiary/aromatic N) is 4. The van der Waals surface area contributed by atoms with Crippen LogP contribution in [0.2, 0.25) is 0 Å². The van der Waals surface area contributed by atoms with Crippen LogP contribution in [0.4, 0.5) is 11.9 Å². The summed E-state index contributed by atoms with van der Waals surface area (Å²) < 4.78 is 5.29. The van der Waals surface area contributed by atoms with Crippen LogP contribution >= 0.6 is 0 Å². The van der Waals surface area contributed by atoms with Crippen molar-refractivity contribution < 1.29 is 4.74 Å². The molecule has 1 aliphatic rings. The van der Waals surface area contributed by atoms with Crippen molar-refractivity contribution in [3.05, 3.63) is 0 Å². The molecule has 0 aromatic carbocycles. The lowest BCUT2D eigenvalue weighted by molar-refractivity contribution is 0.312. The van der Waals surface area contributed by atoms with Gasteiger partial charge in [0.05, 0.1) is 6.61 Å². The van der Waals surface area contributed by atoms with Crippen LogP contribution in [0.15, 0.2) is 0 Å². The Morgan fingerprint density at radius 1 is 1.35 bits per heavy atom. The van der Waals surface area contributed by atoms with Crippen LogP contribution in [0, 0.1) is 0 Å². The van der Waals surface area contributed by atoms with E-state index in [1.165, 1.54) is 12.8 Å². The van der Waals surface area contributed by atoms with Crippen LogP contribution in [0.1, 0.15) is 33.1 Å². The van der Waals surface area contributed by atoms with E-state index in [9.17, 15) is 0 Å². The third-order valence-electron chi connectivity index (χ3n) is 3.00. The zero-order chi connectivity index (χ0) is 12.3. The minimum atomic E-state index is 0.222. The van der Waals surface area contributed by atoms with Crippen molar-refractivity contribution >= 4 is 11.9 Å². The molecular formula is C11H19N5O. The van der Waals surface area contributed by atoms with E-state index in [-0.39, 0.29) is 5.95 Å². The molecule has 0 radical (unpaired) electrons. The highest BCUT2D eigenvalue weighted by atomic mass is 16.5. The summed E-state index contributed by atoms with van der Waals surface area (Å²) in [5, 5.41) is 0. The molecule has 1 aliphatic heterocycles. The monoisotopic (exact) mass is 237 g/mol. The number of nitrogens with two attached hydrogens (primary N) is 1. The molecule has 1 atom stereocenters. The Balaban J connectivity index is 2.24. The van der Waals surface area contributed by atoms with Crippen molar-refractivity contribution in [3.8, 4) is 6.01 Å². The van der Waals surface area contributed by atoms with Crippen LogP contribution in [-0.4, -0.2) is 34.1 Å². The molecule has 6 nitrogen and oxygen atoms in total. The van der Waals surface area contributed by atoms with Gasteiger partial charge >= 0.3 is 6.01 Å². The average Bonchev–Trinajstić information content (AvgIpc) is 2.76. The van der Waals surface area contributed by atoms with Crippen LogP contribution in [0.3, 0.4) is 0 Å². The second kappa shape index (κ2) is 5.16.